The number of furan rings is 1. The normalized spacial score (nSPS) is 19.8. The van der Waals surface area contributed by atoms with Gasteiger partial charge in [0.25, 0.3) is 5.56 Å². The van der Waals surface area contributed by atoms with Crippen LogP contribution < -0.4 is 5.56 Å². The maximum absolute atomic E-state index is 13.3. The molecule has 1 saturated heterocycles. The van der Waals surface area contributed by atoms with E-state index in [9.17, 15) is 19.1 Å². The van der Waals surface area contributed by atoms with Gasteiger partial charge in [-0.3, -0.25) is 14.5 Å². The second kappa shape index (κ2) is 7.95. The number of aromatic hydroxyl groups is 1. The van der Waals surface area contributed by atoms with Crippen molar-refractivity contribution in [3.63, 3.8) is 0 Å². The Bertz CT molecular complexity index is 1470. The number of halogens is 1. The van der Waals surface area contributed by atoms with E-state index in [2.05, 4.69) is 4.90 Å². The van der Waals surface area contributed by atoms with Gasteiger partial charge in [0.2, 0.25) is 0 Å². The van der Waals surface area contributed by atoms with Crippen molar-refractivity contribution in [3.05, 3.63) is 99.4 Å². The van der Waals surface area contributed by atoms with Crippen molar-refractivity contribution in [2.24, 2.45) is 5.92 Å². The van der Waals surface area contributed by atoms with Crippen LogP contribution in [-0.4, -0.2) is 33.4 Å². The van der Waals surface area contributed by atoms with E-state index < -0.39 is 5.82 Å². The maximum Gasteiger partial charge on any atom is 0.250 e. The number of carbonyl (C=O) groups excluding carboxylic acids is 1. The minimum Gasteiger partial charge on any atom is -0.508 e. The SMILES string of the molecule is O=C(c1ccc(F)cc1)c1coc2ccc(O)c(CN3C[C@@H]4C[C@H](C3)c3cccc(=O)n3C4)c12. The Labute approximate surface area is 194 Å². The van der Waals surface area contributed by atoms with Crippen LogP contribution in [0.15, 0.2) is 70.1 Å². The summed E-state index contributed by atoms with van der Waals surface area (Å²) >= 11 is 0. The molecule has 1 fully saturated rings. The summed E-state index contributed by atoms with van der Waals surface area (Å²) in [5.41, 5.74) is 2.97. The molecule has 0 amide bonds. The van der Waals surface area contributed by atoms with Gasteiger partial charge in [-0.05, 0) is 54.8 Å². The molecule has 2 aromatic heterocycles. The molecule has 0 aliphatic carbocycles. The van der Waals surface area contributed by atoms with Gasteiger partial charge in [-0.25, -0.2) is 4.39 Å². The Morgan fingerprint density at radius 2 is 1.88 bits per heavy atom. The molecule has 0 saturated carbocycles. The number of rotatable bonds is 4. The van der Waals surface area contributed by atoms with E-state index in [0.29, 0.717) is 46.7 Å². The molecular weight excluding hydrogens is 435 g/mol. The molecule has 0 unspecified atom stereocenters. The third-order valence-corrected chi connectivity index (χ3v) is 7.11. The van der Waals surface area contributed by atoms with Crippen LogP contribution in [0.3, 0.4) is 0 Å². The van der Waals surface area contributed by atoms with Gasteiger partial charge in [-0.15, -0.1) is 0 Å². The highest BCUT2D eigenvalue weighted by Gasteiger charge is 2.35. The van der Waals surface area contributed by atoms with Crippen LogP contribution in [0.4, 0.5) is 4.39 Å². The van der Waals surface area contributed by atoms with Crippen LogP contribution in [0, 0.1) is 11.7 Å². The number of fused-ring (bicyclic) bond motifs is 5. The third-order valence-electron chi connectivity index (χ3n) is 7.11. The van der Waals surface area contributed by atoms with E-state index in [1.54, 1.807) is 18.2 Å². The number of nitrogens with zero attached hydrogens (tertiary/aromatic N) is 2. The predicted molar refractivity (Wildman–Crippen MR) is 125 cm³/mol. The van der Waals surface area contributed by atoms with E-state index in [4.69, 9.17) is 4.42 Å². The number of pyridine rings is 1. The lowest BCUT2D eigenvalue weighted by Gasteiger charge is -2.42. The van der Waals surface area contributed by atoms with E-state index in [1.165, 1.54) is 30.5 Å². The van der Waals surface area contributed by atoms with Crippen molar-refractivity contribution in [2.75, 3.05) is 13.1 Å². The molecule has 2 aliphatic rings. The number of carbonyl (C=O) groups is 1. The summed E-state index contributed by atoms with van der Waals surface area (Å²) in [6, 6.07) is 14.1. The molecule has 34 heavy (non-hydrogen) atoms. The molecule has 2 aromatic carbocycles. The molecule has 0 spiro atoms. The molecule has 7 heteroatoms. The van der Waals surface area contributed by atoms with Gasteiger partial charge in [0, 0.05) is 60.4 Å². The molecule has 2 bridgehead atoms. The Morgan fingerprint density at radius 1 is 1.06 bits per heavy atom. The summed E-state index contributed by atoms with van der Waals surface area (Å²) in [5.74, 6) is 0.0000187. The first-order valence-electron chi connectivity index (χ1n) is 11.4. The minimum absolute atomic E-state index is 0.0467. The maximum atomic E-state index is 13.3. The topological polar surface area (TPSA) is 75.7 Å². The highest BCUT2D eigenvalue weighted by Crippen LogP contribution is 2.38. The number of phenols is 1. The molecule has 172 valence electrons. The predicted octanol–water partition coefficient (Wildman–Crippen LogP) is 4.29. The van der Waals surface area contributed by atoms with Crippen LogP contribution in [0.1, 0.15) is 39.5 Å². The van der Waals surface area contributed by atoms with Crippen LogP contribution in [0.25, 0.3) is 11.0 Å². The number of phenolic OH excluding ortho intramolecular Hbond substituents is 1. The fraction of sp³-hybridized carbons (Fsp3) is 0.259. The number of aromatic nitrogens is 1. The van der Waals surface area contributed by atoms with Gasteiger partial charge >= 0.3 is 0 Å². The smallest absolute Gasteiger partial charge is 0.250 e. The quantitative estimate of drug-likeness (QED) is 0.462. The molecule has 4 heterocycles. The van der Waals surface area contributed by atoms with Crippen LogP contribution in [0.5, 0.6) is 5.75 Å². The van der Waals surface area contributed by atoms with Gasteiger partial charge < -0.3 is 14.1 Å². The van der Waals surface area contributed by atoms with E-state index >= 15 is 0 Å². The number of piperidine rings is 1. The second-order valence-electron chi connectivity index (χ2n) is 9.31. The summed E-state index contributed by atoms with van der Waals surface area (Å²) in [6.45, 7) is 2.70. The molecule has 4 aromatic rings. The largest absolute Gasteiger partial charge is 0.508 e. The average molecular weight is 458 g/mol. The number of likely N-dealkylation sites (tertiary alicyclic amines) is 1. The van der Waals surface area contributed by atoms with E-state index in [-0.39, 0.29) is 23.0 Å². The first-order valence-corrected chi connectivity index (χ1v) is 11.4. The van der Waals surface area contributed by atoms with Crippen molar-refractivity contribution in [2.45, 2.75) is 25.4 Å². The van der Waals surface area contributed by atoms with Crippen molar-refractivity contribution in [3.8, 4) is 5.75 Å². The number of hydrogen-bond donors (Lipinski definition) is 1. The van der Waals surface area contributed by atoms with Crippen LogP contribution in [0.2, 0.25) is 0 Å². The Hall–Kier alpha value is -3.71. The van der Waals surface area contributed by atoms with Gasteiger partial charge in [0.05, 0.1) is 5.56 Å². The highest BCUT2D eigenvalue weighted by molar-refractivity contribution is 6.16. The Balaban J connectivity index is 1.35. The monoisotopic (exact) mass is 458 g/mol. The zero-order valence-corrected chi connectivity index (χ0v) is 18.4. The lowest BCUT2D eigenvalue weighted by atomic mass is 9.83. The first kappa shape index (κ1) is 20.9. The zero-order valence-electron chi connectivity index (χ0n) is 18.4. The van der Waals surface area contributed by atoms with Gasteiger partial charge in [-0.1, -0.05) is 6.07 Å². The summed E-state index contributed by atoms with van der Waals surface area (Å²) in [4.78, 5) is 27.8. The Morgan fingerprint density at radius 3 is 2.71 bits per heavy atom. The zero-order chi connectivity index (χ0) is 23.4. The number of benzene rings is 2. The molecule has 2 aliphatic heterocycles. The van der Waals surface area contributed by atoms with E-state index in [1.807, 2.05) is 16.7 Å². The van der Waals surface area contributed by atoms with Gasteiger partial charge in [-0.2, -0.15) is 0 Å². The molecule has 0 radical (unpaired) electrons. The molecule has 2 atom stereocenters. The highest BCUT2D eigenvalue weighted by atomic mass is 19.1. The lowest BCUT2D eigenvalue weighted by Crippen LogP contribution is -2.46. The molecular formula is C27H23FN2O4. The van der Waals surface area contributed by atoms with Crippen molar-refractivity contribution >= 4 is 16.8 Å². The second-order valence-corrected chi connectivity index (χ2v) is 9.31. The van der Waals surface area contributed by atoms with E-state index in [0.717, 1.165) is 25.2 Å². The molecule has 6 nitrogen and oxygen atoms in total. The minimum atomic E-state index is -0.411. The molecule has 1 N–H and O–H groups in total. The number of ketones is 1. The summed E-state index contributed by atoms with van der Waals surface area (Å²) in [6.07, 6.45) is 2.45. The fourth-order valence-electron chi connectivity index (χ4n) is 5.62. The standard InChI is InChI=1S/C27H23FN2O4/c28-19-6-4-17(5-7-19)27(33)21-15-34-24-9-8-23(31)20(26(21)24)14-29-11-16-10-18(13-29)22-2-1-3-25(32)30(22)12-16/h1-9,15-16,18,31H,10-14H2/t16-,18+/m0/s1. The fourth-order valence-corrected chi connectivity index (χ4v) is 5.62. The summed E-state index contributed by atoms with van der Waals surface area (Å²) < 4.78 is 20.9. The summed E-state index contributed by atoms with van der Waals surface area (Å²) in [5, 5.41) is 11.4. The first-order chi connectivity index (χ1) is 16.5. The Kier molecular flexibility index (Phi) is 4.88. The van der Waals surface area contributed by atoms with Gasteiger partial charge in [0.15, 0.2) is 5.78 Å². The van der Waals surface area contributed by atoms with Crippen LogP contribution in [-0.2, 0) is 13.1 Å². The molecule has 6 rings (SSSR count). The van der Waals surface area contributed by atoms with Crippen molar-refractivity contribution in [1.29, 1.82) is 0 Å². The summed E-state index contributed by atoms with van der Waals surface area (Å²) in [7, 11) is 0. The lowest BCUT2D eigenvalue weighted by molar-refractivity contribution is 0.103. The van der Waals surface area contributed by atoms with Gasteiger partial charge in [0.1, 0.15) is 23.4 Å². The van der Waals surface area contributed by atoms with Crippen LogP contribution >= 0.6 is 0 Å². The third kappa shape index (κ3) is 3.44. The average Bonchev–Trinajstić information content (AvgIpc) is 3.26. The van der Waals surface area contributed by atoms with Crippen molar-refractivity contribution < 1.29 is 18.7 Å². The number of hydrogen-bond acceptors (Lipinski definition) is 5. The van der Waals surface area contributed by atoms with Crippen molar-refractivity contribution in [1.82, 2.24) is 9.47 Å².